The summed E-state index contributed by atoms with van der Waals surface area (Å²) in [6.45, 7) is 48.8. The number of pyridine rings is 6. The van der Waals surface area contributed by atoms with Gasteiger partial charge < -0.3 is 31.7 Å². The van der Waals surface area contributed by atoms with Gasteiger partial charge in [-0.25, -0.2) is 44.3 Å². The van der Waals surface area contributed by atoms with Crippen molar-refractivity contribution in [3.8, 4) is 73.1 Å². The molecule has 20 rings (SSSR count). The summed E-state index contributed by atoms with van der Waals surface area (Å²) in [5.74, 6) is 4.70. The monoisotopic (exact) mass is 1920 g/mol. The van der Waals surface area contributed by atoms with Crippen LogP contribution in [0.15, 0.2) is 324 Å². The van der Waals surface area contributed by atoms with Crippen molar-refractivity contribution >= 4 is 94.9 Å². The van der Waals surface area contributed by atoms with Gasteiger partial charge in [-0.15, -0.1) is 5.10 Å². The molecule has 32 nitrogen and oxygen atoms in total. The number of methoxy groups -OCH3 is 1. The number of nitrogens with two attached hydrogens (primary N) is 1. The van der Waals surface area contributed by atoms with Crippen LogP contribution in [0, 0.1) is 60.9 Å². The molecule has 0 unspecified atom stereocenters. The van der Waals surface area contributed by atoms with Gasteiger partial charge in [-0.1, -0.05) is 153 Å². The second kappa shape index (κ2) is 43.7. The smallest absolute Gasteiger partial charge is 0.263 e. The van der Waals surface area contributed by atoms with E-state index in [1.165, 1.54) is 31.9 Å². The number of hydrogen-bond donors (Lipinski definition) is 5. The molecule has 20 aromatic rings. The van der Waals surface area contributed by atoms with Crippen molar-refractivity contribution in [2.24, 2.45) is 0 Å². The van der Waals surface area contributed by atoms with E-state index in [4.69, 9.17) is 36.8 Å². The molecule has 0 aliphatic rings. The highest BCUT2D eigenvalue weighted by Gasteiger charge is 2.28. The molecule has 6 N–H and O–H groups in total. The fourth-order valence-electron chi connectivity index (χ4n) is 17.5. The molecule has 0 saturated carbocycles. The first-order valence-electron chi connectivity index (χ1n) is 46.6. The molecule has 12 heterocycles. The van der Waals surface area contributed by atoms with Gasteiger partial charge in [0, 0.05) is 106 Å². The first kappa shape index (κ1) is 97.8. The summed E-state index contributed by atoms with van der Waals surface area (Å²) >= 11 is 0. The van der Waals surface area contributed by atoms with Gasteiger partial charge in [0.05, 0.1) is 97.2 Å². The normalized spacial score (nSPS) is 11.7. The number of ether oxygens (including phenoxy) is 1. The lowest BCUT2D eigenvalue weighted by Crippen LogP contribution is -2.26. The highest BCUT2D eigenvalue weighted by atomic mass is 16.5. The van der Waals surface area contributed by atoms with Crippen molar-refractivity contribution in [3.05, 3.63) is 449 Å². The Kier molecular flexibility index (Phi) is 29.2. The molecular formula is C114H95N27O5. The van der Waals surface area contributed by atoms with E-state index in [9.17, 15) is 19.2 Å². The Hall–Kier alpha value is -19.9. The maximum absolute atomic E-state index is 14.3. The van der Waals surface area contributed by atoms with Gasteiger partial charge in [0.15, 0.2) is 0 Å². The molecule has 0 spiro atoms. The summed E-state index contributed by atoms with van der Waals surface area (Å²) < 4.78 is 12.1. The molecule has 4 atom stereocenters. The lowest BCUT2D eigenvalue weighted by molar-refractivity contribution is 0.392. The van der Waals surface area contributed by atoms with E-state index in [1.54, 1.807) is 82.9 Å². The fraction of sp³-hybridized carbons (Fsp3) is 0.140. The Morgan fingerprint density at radius 2 is 0.630 bits per heavy atom. The molecule has 0 radical (unpaired) electrons. The average molecular weight is 1920 g/mol. The number of aromatic nitrogens is 18. The van der Waals surface area contributed by atoms with Crippen molar-refractivity contribution in [1.29, 1.82) is 0 Å². The summed E-state index contributed by atoms with van der Waals surface area (Å²) in [4.78, 5) is 114. The highest BCUT2D eigenvalue weighted by Crippen LogP contribution is 2.40. The maximum Gasteiger partial charge on any atom is 0.263 e. The topological polar surface area (TPSA) is 369 Å². The molecule has 0 amide bonds. The van der Waals surface area contributed by atoms with Gasteiger partial charge in [-0.05, 0) is 227 Å². The summed E-state index contributed by atoms with van der Waals surface area (Å²) in [6.07, 6.45) is 13.6. The van der Waals surface area contributed by atoms with E-state index < -0.39 is 0 Å². The van der Waals surface area contributed by atoms with Gasteiger partial charge in [-0.2, -0.15) is 15.3 Å². The Balaban J connectivity index is 0.000000133. The first-order valence-corrected chi connectivity index (χ1v) is 46.6. The van der Waals surface area contributed by atoms with Crippen LogP contribution in [0.25, 0.3) is 130 Å². The zero-order valence-electron chi connectivity index (χ0n) is 81.3. The van der Waals surface area contributed by atoms with Crippen molar-refractivity contribution in [3.63, 3.8) is 0 Å². The third-order valence-electron chi connectivity index (χ3n) is 24.4. The number of anilines is 5. The van der Waals surface area contributed by atoms with E-state index in [1.807, 2.05) is 277 Å². The van der Waals surface area contributed by atoms with Crippen LogP contribution < -0.4 is 54.0 Å². The number of nitrogens with one attached hydrogen (secondary N) is 4. The number of rotatable bonds is 22. The van der Waals surface area contributed by atoms with Crippen LogP contribution in [0.2, 0.25) is 0 Å². The molecule has 0 fully saturated rings. The minimum atomic E-state index is -0.363. The Labute approximate surface area is 839 Å². The van der Waals surface area contributed by atoms with Crippen LogP contribution in [0.3, 0.4) is 0 Å². The molecule has 716 valence electrons. The standard InChI is InChI=1S/C30H26N6O.C28H23N7O2.2C28H23N7O/c1-5-23-16-21(14-15-32-23)25-13-9-10-22-17-27(19(2)34-29-26(31-4)18-33-20(3)35-29)36(30(37)28(22)25)24-11-7-6-8-12-24;1-17(32-27-23(29-3)16-30-18(2)33-27)24-13-19-9-8-12-22(20-14-25(37-4)34-31-15-20)26(19)28(36)35(24)21-10-6-5-7-11-21;1-17-13-21(15-31-34-17)23-12-8-9-20-14-25(18(2)32-27-24(29-4)16-30-19(3)33-27)35(28(36)26(20)23)22-10-6-5-7-11-22;1-17(33-27-23(30-3)16-32-18(2)34-27)24-14-20-8-7-11-22(19-12-13-31-25(29)15-19)26(20)28(36)35(24)21-9-5-4-6-10-21/h6-19H,5H2,1-3H3,(H,33,34,35);5-17H,1-2,4H3,(H,30,32,33);5-16,18H,1-3H3,(H,30,32,33);4-17H,1-2H3,(H2,29,31)(H,32,33,34)/t19-;17-;18-;17-/m0000/s1. The number of aryl methyl sites for hydroxylation is 6. The van der Waals surface area contributed by atoms with Gasteiger partial charge >= 0.3 is 0 Å². The largest absolute Gasteiger partial charge is 0.480 e. The summed E-state index contributed by atoms with van der Waals surface area (Å²) in [7, 11) is 1.53. The minimum absolute atomic E-state index is 0.109. The van der Waals surface area contributed by atoms with Gasteiger partial charge in [0.2, 0.25) is 28.6 Å². The molecule has 0 aliphatic carbocycles. The number of benzene rings is 8. The molecule has 32 heteroatoms. The Bertz CT molecular complexity index is 8310. The first-order chi connectivity index (χ1) is 70.9. The summed E-state index contributed by atoms with van der Waals surface area (Å²) in [5.41, 5.74) is 20.9. The van der Waals surface area contributed by atoms with Crippen LogP contribution in [-0.4, -0.2) is 95.6 Å². The molecule has 0 saturated heterocycles. The van der Waals surface area contributed by atoms with Crippen LogP contribution in [0.4, 0.5) is 51.8 Å². The number of para-hydroxylation sites is 4. The van der Waals surface area contributed by atoms with E-state index >= 15 is 0 Å². The van der Waals surface area contributed by atoms with Gasteiger partial charge in [0.1, 0.15) is 52.4 Å². The summed E-state index contributed by atoms with van der Waals surface area (Å²) in [5, 5.41) is 35.1. The highest BCUT2D eigenvalue weighted by molar-refractivity contribution is 6.00. The van der Waals surface area contributed by atoms with E-state index in [0.717, 1.165) is 129 Å². The van der Waals surface area contributed by atoms with Crippen molar-refractivity contribution in [2.45, 2.75) is 99.8 Å². The van der Waals surface area contributed by atoms with Crippen molar-refractivity contribution in [1.82, 2.24) is 88.5 Å². The zero-order valence-corrected chi connectivity index (χ0v) is 81.3. The number of nitrogens with zero attached hydrogens (tertiary/aromatic N) is 22. The Morgan fingerprint density at radius 1 is 0.336 bits per heavy atom. The lowest BCUT2D eigenvalue weighted by Gasteiger charge is -2.22. The molecule has 146 heavy (non-hydrogen) atoms. The molecular weight excluding hydrogens is 1830 g/mol. The minimum Gasteiger partial charge on any atom is -0.480 e. The Morgan fingerprint density at radius 3 is 0.925 bits per heavy atom. The summed E-state index contributed by atoms with van der Waals surface area (Å²) in [6, 6.07) is 79.3. The van der Waals surface area contributed by atoms with E-state index in [-0.39, 0.29) is 46.4 Å². The fourth-order valence-corrected chi connectivity index (χ4v) is 17.5. The van der Waals surface area contributed by atoms with E-state index in [0.29, 0.717) is 103 Å². The average Bonchev–Trinajstić information content (AvgIpc) is 0.758. The number of nitrogen functional groups attached to an aromatic ring is 1. The SMILES string of the molecule is [C-]#[N+]c1cnc(C)nc1N[C@@H](C)c1cc2cccc(-c3ccnc(CC)c3)c2c(=O)n1-c1ccccc1.[C-]#[N+]c1cnc(C)nc1N[C@@H](C)c1cc2cccc(-c3ccnc(N)c3)c2c(=O)n1-c1ccccc1.[C-]#[N+]c1cnc(C)nc1N[C@@H](C)c1cc2cccc(-c3cnnc(C)c3)c2c(=O)n1-c1ccccc1.[C-]#[N+]c1cnc(C)nc1N[C@@H](C)c1cc2cccc(-c3cnnc(OC)c3)c2c(=O)n1-c1ccccc1. The molecule has 0 aliphatic heterocycles. The van der Waals surface area contributed by atoms with Crippen LogP contribution in [-0.2, 0) is 6.42 Å². The molecule has 12 aromatic heterocycles. The number of fused-ring (bicyclic) bond motifs is 4. The van der Waals surface area contributed by atoms with Crippen molar-refractivity contribution < 1.29 is 4.74 Å². The predicted octanol–water partition coefficient (Wildman–Crippen LogP) is 22.8. The third-order valence-corrected chi connectivity index (χ3v) is 24.4. The maximum atomic E-state index is 14.3. The van der Waals surface area contributed by atoms with Crippen LogP contribution >= 0.6 is 0 Å². The van der Waals surface area contributed by atoms with E-state index in [2.05, 4.69) is 118 Å². The second-order valence-corrected chi connectivity index (χ2v) is 34.2. The quantitative estimate of drug-likeness (QED) is 0.0393. The van der Waals surface area contributed by atoms with Gasteiger partial charge in [-0.3, -0.25) is 62.4 Å². The lowest BCUT2D eigenvalue weighted by atomic mass is 9.97. The van der Waals surface area contributed by atoms with Crippen molar-refractivity contribution in [2.75, 3.05) is 34.1 Å². The van der Waals surface area contributed by atoms with Crippen LogP contribution in [0.1, 0.15) is 116 Å². The number of hydrogen-bond acceptors (Lipinski definition) is 24. The van der Waals surface area contributed by atoms with Crippen LogP contribution in [0.5, 0.6) is 5.88 Å². The zero-order chi connectivity index (χ0) is 102. The second-order valence-electron chi connectivity index (χ2n) is 34.2. The molecule has 8 aromatic carbocycles. The van der Waals surface area contributed by atoms with Gasteiger partial charge in [0.25, 0.3) is 22.2 Å². The third kappa shape index (κ3) is 20.9. The predicted molar refractivity (Wildman–Crippen MR) is 572 cm³/mol. The molecule has 0 bridgehead atoms.